The van der Waals surface area contributed by atoms with Gasteiger partial charge in [0, 0.05) is 56.6 Å². The number of rotatable bonds is 3. The maximum absolute atomic E-state index is 4.77. The Morgan fingerprint density at radius 3 is 2.78 bits per heavy atom. The second-order valence-corrected chi connectivity index (χ2v) is 5.97. The van der Waals surface area contributed by atoms with Crippen molar-refractivity contribution >= 4 is 0 Å². The molecule has 0 bridgehead atoms. The summed E-state index contributed by atoms with van der Waals surface area (Å²) in [4.78, 5) is 11.7. The van der Waals surface area contributed by atoms with Gasteiger partial charge in [-0.25, -0.2) is 9.97 Å². The van der Waals surface area contributed by atoms with E-state index in [-0.39, 0.29) is 0 Å². The van der Waals surface area contributed by atoms with E-state index in [1.807, 2.05) is 42.3 Å². The fraction of sp³-hybridized carbons (Fsp3) is 0.278. The standard InChI is InChI=1S/C18H19N5/c1-22-9-7-16(21-22)13-23-10-8-17-15(12-23)11-19-18(20-17)14-5-3-2-4-6-14/h2-7,9,11H,8,10,12-13H2,1H3. The van der Waals surface area contributed by atoms with Gasteiger partial charge in [-0.05, 0) is 6.07 Å². The van der Waals surface area contributed by atoms with Crippen LogP contribution in [0.5, 0.6) is 0 Å². The molecule has 1 aliphatic rings. The van der Waals surface area contributed by atoms with Crippen LogP contribution >= 0.6 is 0 Å². The third-order valence-electron chi connectivity index (χ3n) is 4.20. The number of aryl methyl sites for hydroxylation is 1. The summed E-state index contributed by atoms with van der Waals surface area (Å²) in [7, 11) is 1.95. The Labute approximate surface area is 135 Å². The molecule has 3 heterocycles. The van der Waals surface area contributed by atoms with Crippen LogP contribution < -0.4 is 0 Å². The van der Waals surface area contributed by atoms with E-state index >= 15 is 0 Å². The minimum Gasteiger partial charge on any atom is -0.293 e. The van der Waals surface area contributed by atoms with Crippen molar-refractivity contribution in [2.75, 3.05) is 6.54 Å². The fourth-order valence-electron chi connectivity index (χ4n) is 3.01. The highest BCUT2D eigenvalue weighted by molar-refractivity contribution is 5.54. The average Bonchev–Trinajstić information content (AvgIpc) is 3.00. The van der Waals surface area contributed by atoms with Gasteiger partial charge < -0.3 is 0 Å². The van der Waals surface area contributed by atoms with Gasteiger partial charge in [-0.2, -0.15) is 5.10 Å². The Morgan fingerprint density at radius 1 is 1.13 bits per heavy atom. The van der Waals surface area contributed by atoms with Gasteiger partial charge in [-0.15, -0.1) is 0 Å². The highest BCUT2D eigenvalue weighted by atomic mass is 15.3. The van der Waals surface area contributed by atoms with E-state index in [0.29, 0.717) is 0 Å². The van der Waals surface area contributed by atoms with Crippen LogP contribution in [0.25, 0.3) is 11.4 Å². The predicted molar refractivity (Wildman–Crippen MR) is 88.5 cm³/mol. The second-order valence-electron chi connectivity index (χ2n) is 5.97. The molecule has 1 aliphatic heterocycles. The highest BCUT2D eigenvalue weighted by Crippen LogP contribution is 2.21. The first kappa shape index (κ1) is 14.1. The Bertz CT molecular complexity index is 809. The van der Waals surface area contributed by atoms with Gasteiger partial charge in [0.25, 0.3) is 0 Å². The summed E-state index contributed by atoms with van der Waals surface area (Å²) < 4.78 is 1.85. The number of hydrogen-bond donors (Lipinski definition) is 0. The summed E-state index contributed by atoms with van der Waals surface area (Å²) >= 11 is 0. The van der Waals surface area contributed by atoms with Crippen molar-refractivity contribution in [2.24, 2.45) is 7.05 Å². The predicted octanol–water partition coefficient (Wildman–Crippen LogP) is 2.44. The van der Waals surface area contributed by atoms with Gasteiger partial charge in [0.05, 0.1) is 11.4 Å². The molecule has 2 aromatic heterocycles. The molecule has 1 aromatic carbocycles. The van der Waals surface area contributed by atoms with Crippen LogP contribution in [0.15, 0.2) is 48.8 Å². The molecule has 3 aromatic rings. The molecule has 5 nitrogen and oxygen atoms in total. The summed E-state index contributed by atoms with van der Waals surface area (Å²) in [6.45, 7) is 2.77. The van der Waals surface area contributed by atoms with E-state index in [2.05, 4.69) is 33.2 Å². The summed E-state index contributed by atoms with van der Waals surface area (Å²) in [5.74, 6) is 0.822. The summed E-state index contributed by atoms with van der Waals surface area (Å²) in [5.41, 5.74) is 4.59. The van der Waals surface area contributed by atoms with Gasteiger partial charge in [-0.1, -0.05) is 30.3 Å². The van der Waals surface area contributed by atoms with Crippen molar-refractivity contribution in [3.05, 3.63) is 65.7 Å². The molecule has 0 fully saturated rings. The van der Waals surface area contributed by atoms with Crippen LogP contribution in [0.4, 0.5) is 0 Å². The van der Waals surface area contributed by atoms with E-state index in [4.69, 9.17) is 4.98 Å². The molecule has 0 unspecified atom stereocenters. The lowest BCUT2D eigenvalue weighted by Crippen LogP contribution is -2.31. The molecule has 4 rings (SSSR count). The first-order valence-electron chi connectivity index (χ1n) is 7.89. The van der Waals surface area contributed by atoms with Gasteiger partial charge in [0.2, 0.25) is 0 Å². The zero-order valence-corrected chi connectivity index (χ0v) is 13.2. The van der Waals surface area contributed by atoms with E-state index in [9.17, 15) is 0 Å². The molecule has 0 saturated heterocycles. The largest absolute Gasteiger partial charge is 0.293 e. The van der Waals surface area contributed by atoms with Crippen molar-refractivity contribution in [3.8, 4) is 11.4 Å². The average molecular weight is 305 g/mol. The normalized spacial score (nSPS) is 14.7. The smallest absolute Gasteiger partial charge is 0.159 e. The highest BCUT2D eigenvalue weighted by Gasteiger charge is 2.19. The number of aromatic nitrogens is 4. The SMILES string of the molecule is Cn1ccc(CN2CCc3nc(-c4ccccc4)ncc3C2)n1. The van der Waals surface area contributed by atoms with Gasteiger partial charge in [0.1, 0.15) is 0 Å². The summed E-state index contributed by atoms with van der Waals surface area (Å²) in [6.07, 6.45) is 4.93. The van der Waals surface area contributed by atoms with Crippen molar-refractivity contribution in [2.45, 2.75) is 19.5 Å². The third-order valence-corrected chi connectivity index (χ3v) is 4.20. The summed E-state index contributed by atoms with van der Waals surface area (Å²) in [6, 6.07) is 12.2. The van der Waals surface area contributed by atoms with Gasteiger partial charge in [-0.3, -0.25) is 9.58 Å². The Balaban J connectivity index is 1.52. The first-order chi connectivity index (χ1) is 11.3. The van der Waals surface area contributed by atoms with Gasteiger partial charge >= 0.3 is 0 Å². The van der Waals surface area contributed by atoms with Crippen LogP contribution in [-0.2, 0) is 26.6 Å². The lowest BCUT2D eigenvalue weighted by atomic mass is 10.1. The van der Waals surface area contributed by atoms with Crippen molar-refractivity contribution in [1.29, 1.82) is 0 Å². The van der Waals surface area contributed by atoms with Crippen LogP contribution in [0.1, 0.15) is 17.0 Å². The molecule has 0 N–H and O–H groups in total. The topological polar surface area (TPSA) is 46.8 Å². The molecule has 0 atom stereocenters. The molecule has 23 heavy (non-hydrogen) atoms. The van der Waals surface area contributed by atoms with Crippen LogP contribution in [0.2, 0.25) is 0 Å². The van der Waals surface area contributed by atoms with Crippen LogP contribution in [-0.4, -0.2) is 31.2 Å². The van der Waals surface area contributed by atoms with E-state index in [1.165, 1.54) is 11.3 Å². The number of hydrogen-bond acceptors (Lipinski definition) is 4. The molecule has 0 saturated carbocycles. The molecule has 5 heteroatoms. The van der Waals surface area contributed by atoms with E-state index in [1.54, 1.807) is 0 Å². The minimum atomic E-state index is 0.822. The monoisotopic (exact) mass is 305 g/mol. The molecule has 116 valence electrons. The Hall–Kier alpha value is -2.53. The second kappa shape index (κ2) is 5.93. The first-order valence-corrected chi connectivity index (χ1v) is 7.89. The quantitative estimate of drug-likeness (QED) is 0.745. The molecule has 0 aliphatic carbocycles. The fourth-order valence-corrected chi connectivity index (χ4v) is 3.01. The lowest BCUT2D eigenvalue weighted by Gasteiger charge is -2.27. The molecular weight excluding hydrogens is 286 g/mol. The summed E-state index contributed by atoms with van der Waals surface area (Å²) in [5, 5.41) is 4.46. The van der Waals surface area contributed by atoms with Crippen LogP contribution in [0.3, 0.4) is 0 Å². The number of nitrogens with zero attached hydrogens (tertiary/aromatic N) is 5. The third kappa shape index (κ3) is 3.00. The van der Waals surface area contributed by atoms with Crippen molar-refractivity contribution in [1.82, 2.24) is 24.6 Å². The molecule has 0 amide bonds. The lowest BCUT2D eigenvalue weighted by molar-refractivity contribution is 0.239. The number of benzene rings is 1. The zero-order valence-electron chi connectivity index (χ0n) is 13.2. The molecular formula is C18H19N5. The Kier molecular flexibility index (Phi) is 3.63. The maximum atomic E-state index is 4.77. The molecule has 0 radical (unpaired) electrons. The van der Waals surface area contributed by atoms with Crippen molar-refractivity contribution in [3.63, 3.8) is 0 Å². The van der Waals surface area contributed by atoms with E-state index in [0.717, 1.165) is 43.1 Å². The van der Waals surface area contributed by atoms with Gasteiger partial charge in [0.15, 0.2) is 5.82 Å². The van der Waals surface area contributed by atoms with Crippen molar-refractivity contribution < 1.29 is 0 Å². The molecule has 0 spiro atoms. The van der Waals surface area contributed by atoms with Crippen LogP contribution in [0, 0.1) is 0 Å². The Morgan fingerprint density at radius 2 is 2.00 bits per heavy atom. The maximum Gasteiger partial charge on any atom is 0.159 e. The number of fused-ring (bicyclic) bond motifs is 1. The zero-order chi connectivity index (χ0) is 15.6. The van der Waals surface area contributed by atoms with E-state index < -0.39 is 0 Å². The minimum absolute atomic E-state index is 0.822.